The van der Waals surface area contributed by atoms with Gasteiger partial charge in [0.2, 0.25) is 5.91 Å². The number of benzene rings is 1. The summed E-state index contributed by atoms with van der Waals surface area (Å²) in [5.74, 6) is 1.41. The first-order valence-corrected chi connectivity index (χ1v) is 10.2. The van der Waals surface area contributed by atoms with Crippen LogP contribution in [0.4, 0.5) is 0 Å². The zero-order chi connectivity index (χ0) is 19.9. The Morgan fingerprint density at radius 3 is 2.55 bits per heavy atom. The van der Waals surface area contributed by atoms with Crippen molar-refractivity contribution in [2.45, 2.75) is 43.4 Å². The van der Waals surface area contributed by atoms with E-state index in [4.69, 9.17) is 4.52 Å². The molecule has 1 amide bonds. The van der Waals surface area contributed by atoms with Crippen LogP contribution in [0.25, 0.3) is 11.5 Å². The lowest BCUT2D eigenvalue weighted by atomic mass is 9.80. The zero-order valence-corrected chi connectivity index (χ0v) is 16.5. The number of hydrogen-bond acceptors (Lipinski definition) is 5. The predicted octanol–water partition coefficient (Wildman–Crippen LogP) is 3.74. The number of carbonyl (C=O) groups is 1. The molecule has 2 aromatic heterocycles. The summed E-state index contributed by atoms with van der Waals surface area (Å²) < 4.78 is 5.52. The van der Waals surface area contributed by atoms with Crippen molar-refractivity contribution in [1.29, 1.82) is 0 Å². The van der Waals surface area contributed by atoms with Crippen molar-refractivity contribution >= 4 is 5.91 Å². The summed E-state index contributed by atoms with van der Waals surface area (Å²) in [4.78, 5) is 24.2. The van der Waals surface area contributed by atoms with Crippen molar-refractivity contribution in [3.8, 4) is 11.5 Å². The maximum absolute atomic E-state index is 13.5. The molecule has 6 nitrogen and oxygen atoms in total. The molecule has 1 saturated carbocycles. The lowest BCUT2D eigenvalue weighted by molar-refractivity contribution is -0.136. The molecule has 6 heteroatoms. The first-order valence-electron chi connectivity index (χ1n) is 10.2. The monoisotopic (exact) mass is 388 g/mol. The molecule has 0 N–H and O–H groups in total. The van der Waals surface area contributed by atoms with E-state index >= 15 is 0 Å². The summed E-state index contributed by atoms with van der Waals surface area (Å²) in [6.07, 6.45) is 7.15. The van der Waals surface area contributed by atoms with Gasteiger partial charge in [-0.05, 0) is 43.4 Å². The SMILES string of the molecule is CC1(c2noc(-c3ccncc3)n2)CCCN(C(=O)C2(c3ccccc3)CC2)C1. The van der Waals surface area contributed by atoms with Gasteiger partial charge in [-0.2, -0.15) is 4.98 Å². The lowest BCUT2D eigenvalue weighted by Crippen LogP contribution is -2.50. The molecular formula is C23H24N4O2. The Balaban J connectivity index is 1.38. The Kier molecular flexibility index (Phi) is 4.23. The summed E-state index contributed by atoms with van der Waals surface area (Å²) >= 11 is 0. The third-order valence-electron chi connectivity index (χ3n) is 6.36. The van der Waals surface area contributed by atoms with Gasteiger partial charge in [-0.25, -0.2) is 0 Å². The fraction of sp³-hybridized carbons (Fsp3) is 0.391. The Bertz CT molecular complexity index is 1010. The van der Waals surface area contributed by atoms with Gasteiger partial charge < -0.3 is 9.42 Å². The molecule has 1 atom stereocenters. The molecular weight excluding hydrogens is 364 g/mol. The average molecular weight is 388 g/mol. The molecule has 1 aliphatic heterocycles. The molecule has 148 valence electrons. The average Bonchev–Trinajstić information content (AvgIpc) is 3.42. The maximum atomic E-state index is 13.5. The van der Waals surface area contributed by atoms with Gasteiger partial charge in [-0.15, -0.1) is 0 Å². The van der Waals surface area contributed by atoms with Crippen molar-refractivity contribution in [2.24, 2.45) is 0 Å². The summed E-state index contributed by atoms with van der Waals surface area (Å²) in [7, 11) is 0. The number of piperidine rings is 1. The molecule has 1 aromatic carbocycles. The van der Waals surface area contributed by atoms with Crippen LogP contribution in [0.5, 0.6) is 0 Å². The van der Waals surface area contributed by atoms with E-state index in [0.717, 1.165) is 43.4 Å². The van der Waals surface area contributed by atoms with Gasteiger partial charge in [0, 0.05) is 36.5 Å². The smallest absolute Gasteiger partial charge is 0.258 e. The van der Waals surface area contributed by atoms with Gasteiger partial charge in [-0.1, -0.05) is 42.4 Å². The van der Waals surface area contributed by atoms with Crippen molar-refractivity contribution < 1.29 is 9.32 Å². The van der Waals surface area contributed by atoms with Crippen LogP contribution in [0.2, 0.25) is 0 Å². The van der Waals surface area contributed by atoms with Gasteiger partial charge in [0.05, 0.1) is 5.41 Å². The summed E-state index contributed by atoms with van der Waals surface area (Å²) in [6.45, 7) is 3.55. The van der Waals surface area contributed by atoms with Gasteiger partial charge in [0.1, 0.15) is 0 Å². The molecule has 5 rings (SSSR count). The van der Waals surface area contributed by atoms with Crippen molar-refractivity contribution in [3.05, 3.63) is 66.2 Å². The quantitative estimate of drug-likeness (QED) is 0.681. The van der Waals surface area contributed by atoms with Crippen molar-refractivity contribution in [1.82, 2.24) is 20.0 Å². The van der Waals surface area contributed by atoms with E-state index in [2.05, 4.69) is 34.2 Å². The van der Waals surface area contributed by atoms with E-state index in [0.29, 0.717) is 18.3 Å². The second-order valence-electron chi connectivity index (χ2n) is 8.50. The first kappa shape index (κ1) is 18.0. The maximum Gasteiger partial charge on any atom is 0.258 e. The summed E-state index contributed by atoms with van der Waals surface area (Å²) in [6, 6.07) is 13.9. The molecule has 0 bridgehead atoms. The van der Waals surface area contributed by atoms with Crippen LogP contribution in [0.1, 0.15) is 44.0 Å². The molecule has 0 spiro atoms. The Hall–Kier alpha value is -3.02. The molecule has 3 aromatic rings. The first-order chi connectivity index (χ1) is 14.1. The highest BCUT2D eigenvalue weighted by atomic mass is 16.5. The molecule has 1 unspecified atom stereocenters. The van der Waals surface area contributed by atoms with Crippen molar-refractivity contribution in [2.75, 3.05) is 13.1 Å². The number of pyridine rings is 1. The van der Waals surface area contributed by atoms with Crippen LogP contribution in [0.3, 0.4) is 0 Å². The van der Waals surface area contributed by atoms with Crippen molar-refractivity contribution in [3.63, 3.8) is 0 Å². The Labute approximate surface area is 170 Å². The molecule has 1 saturated heterocycles. The van der Waals surface area contributed by atoms with Gasteiger partial charge >= 0.3 is 0 Å². The van der Waals surface area contributed by atoms with Crippen LogP contribution >= 0.6 is 0 Å². The van der Waals surface area contributed by atoms with E-state index in [1.54, 1.807) is 12.4 Å². The van der Waals surface area contributed by atoms with Crippen LogP contribution in [0, 0.1) is 0 Å². The fourth-order valence-electron chi connectivity index (χ4n) is 4.49. The second-order valence-corrected chi connectivity index (χ2v) is 8.50. The number of amides is 1. The van der Waals surface area contributed by atoms with E-state index in [-0.39, 0.29) is 16.7 Å². The highest BCUT2D eigenvalue weighted by Crippen LogP contribution is 2.50. The highest BCUT2D eigenvalue weighted by molar-refractivity contribution is 5.91. The number of carbonyl (C=O) groups excluding carboxylic acids is 1. The molecule has 0 radical (unpaired) electrons. The van der Waals surface area contributed by atoms with Crippen LogP contribution in [-0.4, -0.2) is 39.0 Å². The normalized spacial score (nSPS) is 23.0. The molecule has 29 heavy (non-hydrogen) atoms. The minimum absolute atomic E-state index is 0.243. The van der Waals surface area contributed by atoms with Crippen LogP contribution < -0.4 is 0 Å². The fourth-order valence-corrected chi connectivity index (χ4v) is 4.49. The number of aromatic nitrogens is 3. The largest absolute Gasteiger partial charge is 0.341 e. The third kappa shape index (κ3) is 3.12. The topological polar surface area (TPSA) is 72.1 Å². The number of hydrogen-bond donors (Lipinski definition) is 0. The molecule has 1 aliphatic carbocycles. The number of likely N-dealkylation sites (tertiary alicyclic amines) is 1. The molecule has 2 aliphatic rings. The van der Waals surface area contributed by atoms with Gasteiger partial charge in [-0.3, -0.25) is 9.78 Å². The third-order valence-corrected chi connectivity index (χ3v) is 6.36. The van der Waals surface area contributed by atoms with Gasteiger partial charge in [0.15, 0.2) is 5.82 Å². The summed E-state index contributed by atoms with van der Waals surface area (Å²) in [5.41, 5.74) is 1.35. The zero-order valence-electron chi connectivity index (χ0n) is 16.5. The van der Waals surface area contributed by atoms with E-state index < -0.39 is 0 Å². The van der Waals surface area contributed by atoms with E-state index in [1.807, 2.05) is 35.2 Å². The van der Waals surface area contributed by atoms with E-state index in [1.165, 1.54) is 0 Å². The predicted molar refractivity (Wildman–Crippen MR) is 108 cm³/mol. The second kappa shape index (κ2) is 6.79. The Morgan fingerprint density at radius 1 is 1.07 bits per heavy atom. The number of rotatable bonds is 4. The molecule has 2 fully saturated rings. The van der Waals surface area contributed by atoms with Crippen LogP contribution in [0.15, 0.2) is 59.4 Å². The van der Waals surface area contributed by atoms with Crippen LogP contribution in [-0.2, 0) is 15.6 Å². The lowest BCUT2D eigenvalue weighted by Gasteiger charge is -2.40. The Morgan fingerprint density at radius 2 is 1.83 bits per heavy atom. The van der Waals surface area contributed by atoms with E-state index in [9.17, 15) is 4.79 Å². The highest BCUT2D eigenvalue weighted by Gasteiger charge is 2.54. The summed E-state index contributed by atoms with van der Waals surface area (Å²) in [5, 5.41) is 4.27. The molecule has 3 heterocycles. The van der Waals surface area contributed by atoms with Gasteiger partial charge in [0.25, 0.3) is 5.89 Å². The minimum atomic E-state index is -0.334. The minimum Gasteiger partial charge on any atom is -0.341 e. The number of nitrogens with zero attached hydrogens (tertiary/aromatic N) is 4. The standard InChI is InChI=1S/C23H24N4O2/c1-22(20-25-19(29-26-20)17-8-13-24-14-9-17)10-5-15-27(16-22)21(28)23(11-12-23)18-6-3-2-4-7-18/h2-4,6-9,13-14H,5,10-12,15-16H2,1H3.